The van der Waals surface area contributed by atoms with Crippen LogP contribution >= 0.6 is 11.3 Å². The highest BCUT2D eigenvalue weighted by molar-refractivity contribution is 7.14. The van der Waals surface area contributed by atoms with Crippen LogP contribution in [0, 0.1) is 0 Å². The van der Waals surface area contributed by atoms with E-state index >= 15 is 0 Å². The summed E-state index contributed by atoms with van der Waals surface area (Å²) in [4.78, 5) is 48.9. The van der Waals surface area contributed by atoms with Gasteiger partial charge in [0, 0.05) is 30.9 Å². The van der Waals surface area contributed by atoms with Crippen LogP contribution in [0.4, 0.5) is 5.13 Å². The van der Waals surface area contributed by atoms with Crippen LogP contribution in [0.15, 0.2) is 24.0 Å². The third kappa shape index (κ3) is 3.90. The second kappa shape index (κ2) is 7.13. The number of carbonyl (C=O) groups excluding carboxylic acids is 3. The molecule has 2 aromatic rings. The van der Waals surface area contributed by atoms with E-state index in [9.17, 15) is 14.4 Å². The number of amides is 3. The van der Waals surface area contributed by atoms with Crippen LogP contribution in [-0.2, 0) is 16.0 Å². The van der Waals surface area contributed by atoms with Crippen molar-refractivity contribution in [1.29, 1.82) is 0 Å². The monoisotopic (exact) mass is 346 g/mol. The molecule has 3 heterocycles. The number of carbonyl (C=O) groups is 3. The average molecular weight is 346 g/mol. The zero-order valence-corrected chi connectivity index (χ0v) is 13.4. The summed E-state index contributed by atoms with van der Waals surface area (Å²) < 4.78 is 0. The Morgan fingerprint density at radius 1 is 1.38 bits per heavy atom. The van der Waals surface area contributed by atoms with Crippen LogP contribution in [0.5, 0.6) is 0 Å². The van der Waals surface area contributed by atoms with Crippen molar-refractivity contribution in [2.75, 3.05) is 25.0 Å². The number of anilines is 1. The van der Waals surface area contributed by atoms with Gasteiger partial charge in [0.25, 0.3) is 5.91 Å². The third-order valence-electron chi connectivity index (χ3n) is 3.29. The Kier molecular flexibility index (Phi) is 4.75. The molecule has 0 atom stereocenters. The van der Waals surface area contributed by atoms with Gasteiger partial charge in [0.1, 0.15) is 5.69 Å². The molecule has 1 aliphatic heterocycles. The molecule has 0 aromatic carbocycles. The lowest BCUT2D eigenvalue weighted by molar-refractivity contribution is -0.137. The lowest BCUT2D eigenvalue weighted by Crippen LogP contribution is -2.50. The summed E-state index contributed by atoms with van der Waals surface area (Å²) in [5.41, 5.74) is 0.732. The van der Waals surface area contributed by atoms with Gasteiger partial charge < -0.3 is 10.2 Å². The minimum atomic E-state index is -0.414. The summed E-state index contributed by atoms with van der Waals surface area (Å²) in [5.74, 6) is -0.741. The van der Waals surface area contributed by atoms with Crippen LogP contribution in [-0.4, -0.2) is 57.2 Å². The van der Waals surface area contributed by atoms with Gasteiger partial charge in [-0.2, -0.15) is 0 Å². The molecular formula is C14H14N6O3S. The van der Waals surface area contributed by atoms with Crippen molar-refractivity contribution in [2.24, 2.45) is 0 Å². The number of rotatable bonds is 4. The molecule has 3 amide bonds. The molecule has 124 valence electrons. The van der Waals surface area contributed by atoms with E-state index in [1.165, 1.54) is 34.8 Å². The predicted octanol–water partition coefficient (Wildman–Crippen LogP) is -0.314. The fourth-order valence-corrected chi connectivity index (χ4v) is 2.85. The molecule has 1 saturated heterocycles. The van der Waals surface area contributed by atoms with Crippen molar-refractivity contribution in [2.45, 2.75) is 6.42 Å². The Balaban J connectivity index is 1.58. The SMILES string of the molecule is O=C1CN(C(=O)Cc2csc(NC(=O)c3cnccn3)n2)CCN1. The maximum absolute atomic E-state index is 12.2. The zero-order valence-electron chi connectivity index (χ0n) is 12.6. The van der Waals surface area contributed by atoms with Gasteiger partial charge in [-0.1, -0.05) is 0 Å². The van der Waals surface area contributed by atoms with Crippen LogP contribution < -0.4 is 10.6 Å². The molecule has 3 rings (SSSR count). The molecule has 0 unspecified atom stereocenters. The number of hydrogen-bond donors (Lipinski definition) is 2. The van der Waals surface area contributed by atoms with E-state index in [1.807, 2.05) is 0 Å². The molecule has 2 N–H and O–H groups in total. The van der Waals surface area contributed by atoms with Gasteiger partial charge in [0.05, 0.1) is 24.9 Å². The van der Waals surface area contributed by atoms with Crippen molar-refractivity contribution >= 4 is 34.2 Å². The Labute approximate surface area is 141 Å². The molecule has 1 aliphatic rings. The summed E-state index contributed by atoms with van der Waals surface area (Å²) in [6, 6.07) is 0. The van der Waals surface area contributed by atoms with Gasteiger partial charge in [-0.25, -0.2) is 9.97 Å². The summed E-state index contributed by atoms with van der Waals surface area (Å²) in [6.07, 6.45) is 4.35. The van der Waals surface area contributed by atoms with Crippen LogP contribution in [0.2, 0.25) is 0 Å². The smallest absolute Gasteiger partial charge is 0.277 e. The lowest BCUT2D eigenvalue weighted by Gasteiger charge is -2.26. The van der Waals surface area contributed by atoms with Gasteiger partial charge in [-0.15, -0.1) is 11.3 Å². The highest BCUT2D eigenvalue weighted by Gasteiger charge is 2.22. The predicted molar refractivity (Wildman–Crippen MR) is 85.4 cm³/mol. The standard InChI is InChI=1S/C14H14N6O3S/c21-11-7-20(4-3-17-11)12(22)5-9-8-24-14(18-9)19-13(23)10-6-15-1-2-16-10/h1-2,6,8H,3-5,7H2,(H,17,21)(H,18,19,23). The van der Waals surface area contributed by atoms with E-state index in [4.69, 9.17) is 0 Å². The van der Waals surface area contributed by atoms with E-state index in [0.717, 1.165) is 0 Å². The zero-order chi connectivity index (χ0) is 16.9. The van der Waals surface area contributed by atoms with Crippen molar-refractivity contribution < 1.29 is 14.4 Å². The first-order chi connectivity index (χ1) is 11.6. The highest BCUT2D eigenvalue weighted by Crippen LogP contribution is 2.17. The van der Waals surface area contributed by atoms with Gasteiger partial charge in [0.2, 0.25) is 11.8 Å². The Morgan fingerprint density at radius 3 is 3.00 bits per heavy atom. The van der Waals surface area contributed by atoms with Crippen molar-refractivity contribution in [1.82, 2.24) is 25.2 Å². The van der Waals surface area contributed by atoms with Crippen molar-refractivity contribution in [3.05, 3.63) is 35.4 Å². The minimum absolute atomic E-state index is 0.0687. The fourth-order valence-electron chi connectivity index (χ4n) is 2.14. The number of nitrogens with zero attached hydrogens (tertiary/aromatic N) is 4. The van der Waals surface area contributed by atoms with E-state index in [0.29, 0.717) is 23.9 Å². The van der Waals surface area contributed by atoms with Gasteiger partial charge in [0.15, 0.2) is 5.13 Å². The quantitative estimate of drug-likeness (QED) is 0.784. The number of hydrogen-bond acceptors (Lipinski definition) is 7. The first-order valence-corrected chi connectivity index (χ1v) is 8.06. The molecule has 0 saturated carbocycles. The molecule has 2 aromatic heterocycles. The number of piperazine rings is 1. The van der Waals surface area contributed by atoms with Gasteiger partial charge in [-0.05, 0) is 0 Å². The molecule has 0 aliphatic carbocycles. The van der Waals surface area contributed by atoms with E-state index in [2.05, 4.69) is 25.6 Å². The lowest BCUT2D eigenvalue weighted by atomic mass is 10.2. The first kappa shape index (κ1) is 16.0. The second-order valence-corrected chi connectivity index (χ2v) is 5.89. The first-order valence-electron chi connectivity index (χ1n) is 7.18. The largest absolute Gasteiger partial charge is 0.353 e. The van der Waals surface area contributed by atoms with Crippen LogP contribution in [0.25, 0.3) is 0 Å². The number of aromatic nitrogens is 3. The summed E-state index contributed by atoms with van der Waals surface area (Å²) in [6.45, 7) is 1.02. The van der Waals surface area contributed by atoms with Gasteiger partial charge in [-0.3, -0.25) is 24.7 Å². The second-order valence-electron chi connectivity index (χ2n) is 5.03. The van der Waals surface area contributed by atoms with Crippen LogP contribution in [0.1, 0.15) is 16.2 Å². The minimum Gasteiger partial charge on any atom is -0.353 e. The maximum Gasteiger partial charge on any atom is 0.277 e. The molecule has 0 radical (unpaired) electrons. The number of thiazole rings is 1. The molecular weight excluding hydrogens is 332 g/mol. The van der Waals surface area contributed by atoms with Gasteiger partial charge >= 0.3 is 0 Å². The summed E-state index contributed by atoms with van der Waals surface area (Å²) >= 11 is 1.22. The van der Waals surface area contributed by atoms with Crippen LogP contribution in [0.3, 0.4) is 0 Å². The average Bonchev–Trinajstić information content (AvgIpc) is 3.02. The molecule has 0 bridgehead atoms. The van der Waals surface area contributed by atoms with E-state index in [1.54, 1.807) is 5.38 Å². The van der Waals surface area contributed by atoms with E-state index in [-0.39, 0.29) is 30.5 Å². The highest BCUT2D eigenvalue weighted by atomic mass is 32.1. The Bertz CT molecular complexity index is 763. The molecule has 1 fully saturated rings. The number of nitrogens with one attached hydrogen (secondary N) is 2. The fraction of sp³-hybridized carbons (Fsp3) is 0.286. The maximum atomic E-state index is 12.2. The summed E-state index contributed by atoms with van der Waals surface area (Å²) in [7, 11) is 0. The van der Waals surface area contributed by atoms with Crippen molar-refractivity contribution in [3.8, 4) is 0 Å². The molecule has 0 spiro atoms. The topological polar surface area (TPSA) is 117 Å². The Hall–Kier alpha value is -2.88. The normalized spacial score (nSPS) is 14.2. The Morgan fingerprint density at radius 2 is 2.25 bits per heavy atom. The molecule has 24 heavy (non-hydrogen) atoms. The third-order valence-corrected chi connectivity index (χ3v) is 4.10. The molecule has 10 heteroatoms. The molecule has 9 nitrogen and oxygen atoms in total. The van der Waals surface area contributed by atoms with E-state index < -0.39 is 5.91 Å². The van der Waals surface area contributed by atoms with Crippen molar-refractivity contribution in [3.63, 3.8) is 0 Å². The summed E-state index contributed by atoms with van der Waals surface area (Å²) in [5, 5.41) is 7.36.